The molecular weight excluding hydrogens is 368 g/mol. The van der Waals surface area contributed by atoms with Crippen LogP contribution in [-0.2, 0) is 16.1 Å². The summed E-state index contributed by atoms with van der Waals surface area (Å²) < 4.78 is 15.9. The maximum Gasteiger partial charge on any atom is 0.341 e. The fourth-order valence-corrected chi connectivity index (χ4v) is 3.18. The fourth-order valence-electron chi connectivity index (χ4n) is 3.18. The third-order valence-corrected chi connectivity index (χ3v) is 4.96. The van der Waals surface area contributed by atoms with E-state index in [1.807, 2.05) is 31.2 Å². The van der Waals surface area contributed by atoms with Crippen LogP contribution in [0.15, 0.2) is 30.3 Å². The lowest BCUT2D eigenvalue weighted by molar-refractivity contribution is 0.0583. The molecule has 0 atom stereocenters. The van der Waals surface area contributed by atoms with Gasteiger partial charge in [0.05, 0.1) is 19.8 Å². The monoisotopic (exact) mass is 398 g/mol. The van der Waals surface area contributed by atoms with Crippen molar-refractivity contribution >= 4 is 11.9 Å². The molecule has 0 fully saturated rings. The summed E-state index contributed by atoms with van der Waals surface area (Å²) in [7, 11) is 2.71. The predicted molar refractivity (Wildman–Crippen MR) is 113 cm³/mol. The molecule has 0 heterocycles. The highest BCUT2D eigenvalue weighted by molar-refractivity contribution is 5.93. The minimum absolute atomic E-state index is 0.136. The van der Waals surface area contributed by atoms with Gasteiger partial charge < -0.3 is 14.2 Å². The van der Waals surface area contributed by atoms with E-state index in [9.17, 15) is 9.59 Å². The maximum absolute atomic E-state index is 12.4. The first-order valence-corrected chi connectivity index (χ1v) is 9.76. The number of rotatable bonds is 7. The fraction of sp³-hybridized carbons (Fsp3) is 0.417. The molecule has 0 amide bonds. The van der Waals surface area contributed by atoms with E-state index in [4.69, 9.17) is 14.2 Å². The zero-order valence-electron chi connectivity index (χ0n) is 18.3. The molecule has 0 spiro atoms. The normalized spacial score (nSPS) is 10.9. The Bertz CT molecular complexity index is 896. The molecule has 5 nitrogen and oxygen atoms in total. The molecule has 5 heteroatoms. The predicted octanol–water partition coefficient (Wildman–Crippen LogP) is 5.39. The molecule has 0 aliphatic rings. The lowest BCUT2D eigenvalue weighted by atomic mass is 9.93. The molecule has 0 bridgehead atoms. The molecule has 0 aliphatic heterocycles. The number of aryl methyl sites for hydroxylation is 1. The molecule has 2 aromatic carbocycles. The van der Waals surface area contributed by atoms with Gasteiger partial charge in [0, 0.05) is 5.56 Å². The minimum atomic E-state index is -0.462. The van der Waals surface area contributed by atoms with Crippen molar-refractivity contribution < 1.29 is 23.8 Å². The van der Waals surface area contributed by atoms with Crippen LogP contribution in [0.1, 0.15) is 82.5 Å². The minimum Gasteiger partial charge on any atom is -0.488 e. The van der Waals surface area contributed by atoms with Gasteiger partial charge in [0.1, 0.15) is 17.9 Å². The van der Waals surface area contributed by atoms with Gasteiger partial charge in [0.25, 0.3) is 0 Å². The van der Waals surface area contributed by atoms with E-state index in [0.717, 1.165) is 22.3 Å². The summed E-state index contributed by atoms with van der Waals surface area (Å²) >= 11 is 0. The summed E-state index contributed by atoms with van der Waals surface area (Å²) in [6, 6.07) is 9.43. The highest BCUT2D eigenvalue weighted by Gasteiger charge is 2.20. The van der Waals surface area contributed by atoms with Crippen molar-refractivity contribution in [3.05, 3.63) is 63.7 Å². The summed E-state index contributed by atoms with van der Waals surface area (Å²) in [6.07, 6.45) is 0. The highest BCUT2D eigenvalue weighted by Crippen LogP contribution is 2.29. The Kier molecular flexibility index (Phi) is 7.43. The van der Waals surface area contributed by atoms with E-state index in [1.54, 1.807) is 6.07 Å². The molecule has 156 valence electrons. The molecule has 0 aliphatic carbocycles. The van der Waals surface area contributed by atoms with Crippen molar-refractivity contribution in [3.63, 3.8) is 0 Å². The second-order valence-electron chi connectivity index (χ2n) is 7.71. The van der Waals surface area contributed by atoms with Crippen molar-refractivity contribution in [3.8, 4) is 5.75 Å². The smallest absolute Gasteiger partial charge is 0.341 e. The van der Waals surface area contributed by atoms with Gasteiger partial charge in [0.2, 0.25) is 0 Å². The molecular formula is C24H30O5. The van der Waals surface area contributed by atoms with Crippen LogP contribution in [-0.4, -0.2) is 26.2 Å². The van der Waals surface area contributed by atoms with Crippen LogP contribution >= 0.6 is 0 Å². The van der Waals surface area contributed by atoms with Crippen LogP contribution < -0.4 is 4.74 Å². The molecule has 2 aromatic rings. The van der Waals surface area contributed by atoms with Gasteiger partial charge in [-0.25, -0.2) is 9.59 Å². The van der Waals surface area contributed by atoms with Gasteiger partial charge in [-0.2, -0.15) is 0 Å². The average molecular weight is 398 g/mol. The number of esters is 2. The Labute approximate surface area is 173 Å². The topological polar surface area (TPSA) is 61.8 Å². The third-order valence-electron chi connectivity index (χ3n) is 4.96. The van der Waals surface area contributed by atoms with Gasteiger partial charge in [-0.15, -0.1) is 0 Å². The Morgan fingerprint density at radius 1 is 0.862 bits per heavy atom. The van der Waals surface area contributed by atoms with Crippen molar-refractivity contribution in [1.82, 2.24) is 0 Å². The second kappa shape index (κ2) is 9.59. The Morgan fingerprint density at radius 2 is 1.48 bits per heavy atom. The Hall–Kier alpha value is -2.82. The number of ether oxygens (including phenoxy) is 3. The van der Waals surface area contributed by atoms with E-state index in [-0.39, 0.29) is 12.5 Å². The zero-order valence-corrected chi connectivity index (χ0v) is 18.3. The molecule has 0 N–H and O–H groups in total. The van der Waals surface area contributed by atoms with E-state index in [1.165, 1.54) is 14.2 Å². The molecule has 0 unspecified atom stereocenters. The number of carbonyl (C=O) groups excluding carboxylic acids is 2. The van der Waals surface area contributed by atoms with Gasteiger partial charge in [-0.1, -0.05) is 45.9 Å². The summed E-state index contributed by atoms with van der Waals surface area (Å²) in [6.45, 7) is 10.4. The quantitative estimate of drug-likeness (QED) is 0.585. The molecule has 0 aromatic heterocycles. The van der Waals surface area contributed by atoms with Gasteiger partial charge in [0.15, 0.2) is 0 Å². The van der Waals surface area contributed by atoms with Crippen LogP contribution in [0.5, 0.6) is 5.75 Å². The van der Waals surface area contributed by atoms with Crippen molar-refractivity contribution in [2.75, 3.05) is 14.2 Å². The van der Waals surface area contributed by atoms with Crippen LogP contribution in [0.4, 0.5) is 0 Å². The molecule has 0 saturated carbocycles. The van der Waals surface area contributed by atoms with E-state index >= 15 is 0 Å². The maximum atomic E-state index is 12.4. The standard InChI is InChI=1S/C24H30O5/c1-14(2)17-8-9-20(23(25)27-6)21(12-17)29-13-19-11-18(15(3)4)10-16(5)22(19)24(26)28-7/h8-12,14-15H,13H2,1-7H3. The SMILES string of the molecule is COC(=O)c1ccc(C(C)C)cc1OCc1cc(C(C)C)cc(C)c1C(=O)OC. The lowest BCUT2D eigenvalue weighted by Gasteiger charge is -2.18. The number of carbonyl (C=O) groups is 2. The Balaban J connectivity index is 2.48. The van der Waals surface area contributed by atoms with Gasteiger partial charge >= 0.3 is 11.9 Å². The van der Waals surface area contributed by atoms with Crippen LogP contribution in [0.2, 0.25) is 0 Å². The molecule has 0 radical (unpaired) electrons. The highest BCUT2D eigenvalue weighted by atomic mass is 16.5. The van der Waals surface area contributed by atoms with Gasteiger partial charge in [-0.05, 0) is 47.6 Å². The van der Waals surface area contributed by atoms with Crippen LogP contribution in [0, 0.1) is 6.92 Å². The van der Waals surface area contributed by atoms with E-state index in [2.05, 4.69) is 27.7 Å². The zero-order chi connectivity index (χ0) is 21.7. The lowest BCUT2D eigenvalue weighted by Crippen LogP contribution is -2.13. The largest absolute Gasteiger partial charge is 0.488 e. The van der Waals surface area contributed by atoms with Crippen molar-refractivity contribution in [2.45, 2.75) is 53.1 Å². The molecule has 2 rings (SSSR count). The summed E-state index contributed by atoms with van der Waals surface area (Å²) in [5.41, 5.74) is 4.58. The second-order valence-corrected chi connectivity index (χ2v) is 7.71. The number of benzene rings is 2. The first kappa shape index (κ1) is 22.5. The average Bonchev–Trinajstić information content (AvgIpc) is 2.70. The van der Waals surface area contributed by atoms with Crippen molar-refractivity contribution in [2.24, 2.45) is 0 Å². The number of methoxy groups -OCH3 is 2. The first-order valence-electron chi connectivity index (χ1n) is 9.76. The summed E-state index contributed by atoms with van der Waals surface area (Å²) in [4.78, 5) is 24.5. The van der Waals surface area contributed by atoms with E-state index in [0.29, 0.717) is 22.8 Å². The number of hydrogen-bond donors (Lipinski definition) is 0. The third kappa shape index (κ3) is 5.17. The number of hydrogen-bond acceptors (Lipinski definition) is 5. The van der Waals surface area contributed by atoms with Crippen molar-refractivity contribution in [1.29, 1.82) is 0 Å². The van der Waals surface area contributed by atoms with Gasteiger partial charge in [-0.3, -0.25) is 0 Å². The summed E-state index contributed by atoms with van der Waals surface area (Å²) in [5.74, 6) is 0.151. The molecule has 0 saturated heterocycles. The van der Waals surface area contributed by atoms with Crippen LogP contribution in [0.3, 0.4) is 0 Å². The van der Waals surface area contributed by atoms with E-state index < -0.39 is 11.9 Å². The Morgan fingerprint density at radius 3 is 2.03 bits per heavy atom. The molecule has 29 heavy (non-hydrogen) atoms. The summed E-state index contributed by atoms with van der Waals surface area (Å²) in [5, 5.41) is 0. The first-order chi connectivity index (χ1) is 13.7. The van der Waals surface area contributed by atoms with Crippen LogP contribution in [0.25, 0.3) is 0 Å².